The minimum absolute atomic E-state index is 0.0237. The van der Waals surface area contributed by atoms with Gasteiger partial charge in [-0.1, -0.05) is 6.07 Å². The maximum atomic E-state index is 13.7. The van der Waals surface area contributed by atoms with Crippen LogP contribution in [0.2, 0.25) is 0 Å². The first-order valence-corrected chi connectivity index (χ1v) is 8.91. The molecular weight excluding hydrogens is 397 g/mol. The van der Waals surface area contributed by atoms with Crippen LogP contribution in [-0.2, 0) is 11.0 Å². The maximum Gasteiger partial charge on any atom is 0.433 e. The number of nitrogens with one attached hydrogen (secondary N) is 2. The van der Waals surface area contributed by atoms with E-state index in [1.54, 1.807) is 11.8 Å². The van der Waals surface area contributed by atoms with Crippen LogP contribution in [-0.4, -0.2) is 48.1 Å². The Kier molecular flexibility index (Phi) is 5.96. The van der Waals surface area contributed by atoms with Crippen molar-refractivity contribution < 1.29 is 31.6 Å². The number of nitrogens with zero attached hydrogens (tertiary/aromatic N) is 3. The number of halogens is 5. The molecule has 2 heterocycles. The largest absolute Gasteiger partial charge is 0.433 e. The molecule has 0 radical (unpaired) electrons. The topological polar surface area (TPSA) is 62.6 Å². The number of benzene rings is 1. The van der Waals surface area contributed by atoms with Crippen LogP contribution in [0.25, 0.3) is 0 Å². The Morgan fingerprint density at radius 1 is 1.17 bits per heavy atom. The van der Waals surface area contributed by atoms with Gasteiger partial charge >= 0.3 is 6.18 Å². The Morgan fingerprint density at radius 2 is 1.79 bits per heavy atom. The highest BCUT2D eigenvalue weighted by Gasteiger charge is 2.35. The Labute approximate surface area is 163 Å². The molecule has 1 aliphatic heterocycles. The van der Waals surface area contributed by atoms with Crippen molar-refractivity contribution >= 4 is 17.5 Å². The molecule has 3 rings (SSSR count). The third-order valence-corrected chi connectivity index (χ3v) is 4.84. The van der Waals surface area contributed by atoms with Crippen LogP contribution in [0.5, 0.6) is 0 Å². The summed E-state index contributed by atoms with van der Waals surface area (Å²) in [5.41, 5.74) is -1.52. The lowest BCUT2D eigenvalue weighted by Crippen LogP contribution is -3.19. The van der Waals surface area contributed by atoms with Gasteiger partial charge in [0.15, 0.2) is 6.04 Å². The first kappa shape index (κ1) is 20.9. The molecule has 0 aliphatic carbocycles. The van der Waals surface area contributed by atoms with Crippen LogP contribution in [0.1, 0.15) is 12.6 Å². The molecule has 11 heteroatoms. The van der Waals surface area contributed by atoms with Crippen molar-refractivity contribution in [1.29, 1.82) is 0 Å². The van der Waals surface area contributed by atoms with Gasteiger partial charge in [-0.25, -0.2) is 18.7 Å². The van der Waals surface area contributed by atoms with E-state index in [-0.39, 0.29) is 5.95 Å². The van der Waals surface area contributed by atoms with E-state index < -0.39 is 41.1 Å². The highest BCUT2D eigenvalue weighted by molar-refractivity contribution is 5.93. The van der Waals surface area contributed by atoms with Crippen LogP contribution in [0.3, 0.4) is 0 Å². The molecule has 1 atom stereocenters. The zero-order valence-corrected chi connectivity index (χ0v) is 15.4. The molecule has 0 spiro atoms. The molecule has 1 saturated heterocycles. The lowest BCUT2D eigenvalue weighted by molar-refractivity contribution is -0.914. The second kappa shape index (κ2) is 8.27. The van der Waals surface area contributed by atoms with Gasteiger partial charge in [0.05, 0.1) is 26.2 Å². The van der Waals surface area contributed by atoms with Crippen molar-refractivity contribution in [2.24, 2.45) is 0 Å². The minimum atomic E-state index is -4.56. The van der Waals surface area contributed by atoms with Gasteiger partial charge in [0.25, 0.3) is 5.91 Å². The summed E-state index contributed by atoms with van der Waals surface area (Å²) < 4.78 is 65.9. The number of anilines is 2. The number of aromatic nitrogens is 2. The van der Waals surface area contributed by atoms with Crippen molar-refractivity contribution in [2.45, 2.75) is 19.1 Å². The fourth-order valence-electron chi connectivity index (χ4n) is 3.12. The second-order valence-electron chi connectivity index (χ2n) is 6.69. The fraction of sp³-hybridized carbons (Fsp3) is 0.389. The van der Waals surface area contributed by atoms with Crippen LogP contribution in [0.4, 0.5) is 33.6 Å². The molecule has 6 nitrogen and oxygen atoms in total. The summed E-state index contributed by atoms with van der Waals surface area (Å²) in [7, 11) is 0. The summed E-state index contributed by atoms with van der Waals surface area (Å²) in [6.07, 6.45) is -3.50. The zero-order valence-electron chi connectivity index (χ0n) is 15.4. The number of piperazine rings is 1. The second-order valence-corrected chi connectivity index (χ2v) is 6.69. The SMILES string of the molecule is C[C@@H](C(=O)Nc1c(F)cccc1F)[NH+]1CCN(c2nccc(C(F)(F)F)n2)CC1. The lowest BCUT2D eigenvalue weighted by Gasteiger charge is -2.34. The van der Waals surface area contributed by atoms with E-state index in [4.69, 9.17) is 0 Å². The minimum Gasteiger partial charge on any atom is -0.330 e. The van der Waals surface area contributed by atoms with Crippen molar-refractivity contribution in [3.8, 4) is 0 Å². The van der Waals surface area contributed by atoms with Gasteiger partial charge in [0.1, 0.15) is 23.0 Å². The van der Waals surface area contributed by atoms with E-state index in [1.807, 2.05) is 0 Å². The Morgan fingerprint density at radius 3 is 2.38 bits per heavy atom. The number of hydrogen-bond acceptors (Lipinski definition) is 4. The number of alkyl halides is 3. The van der Waals surface area contributed by atoms with Gasteiger partial charge in [-0.05, 0) is 25.1 Å². The Hall–Kier alpha value is -2.82. The van der Waals surface area contributed by atoms with Crippen LogP contribution in [0, 0.1) is 11.6 Å². The highest BCUT2D eigenvalue weighted by atomic mass is 19.4. The van der Waals surface area contributed by atoms with E-state index >= 15 is 0 Å². The summed E-state index contributed by atoms with van der Waals surface area (Å²) in [6, 6.07) is 3.48. The molecule has 29 heavy (non-hydrogen) atoms. The van der Waals surface area contributed by atoms with E-state index in [1.165, 1.54) is 6.07 Å². The number of para-hydroxylation sites is 1. The summed E-state index contributed by atoms with van der Waals surface area (Å²) in [5.74, 6) is -2.31. The van der Waals surface area contributed by atoms with Gasteiger partial charge in [0.2, 0.25) is 5.95 Å². The van der Waals surface area contributed by atoms with E-state index in [9.17, 15) is 26.7 Å². The lowest BCUT2D eigenvalue weighted by atomic mass is 10.2. The van der Waals surface area contributed by atoms with Crippen molar-refractivity contribution in [2.75, 3.05) is 36.4 Å². The predicted octanol–water partition coefficient (Wildman–Crippen LogP) is 1.51. The molecule has 0 unspecified atom stereocenters. The molecule has 0 bridgehead atoms. The number of amides is 1. The van der Waals surface area contributed by atoms with Gasteiger partial charge in [-0.15, -0.1) is 0 Å². The van der Waals surface area contributed by atoms with Crippen molar-refractivity contribution in [3.63, 3.8) is 0 Å². The molecule has 1 fully saturated rings. The first-order valence-electron chi connectivity index (χ1n) is 8.91. The Balaban J connectivity index is 1.61. The molecule has 2 N–H and O–H groups in total. The predicted molar refractivity (Wildman–Crippen MR) is 94.4 cm³/mol. The molecule has 1 aromatic heterocycles. The van der Waals surface area contributed by atoms with Gasteiger partial charge in [-0.2, -0.15) is 13.2 Å². The van der Waals surface area contributed by atoms with Gasteiger partial charge in [-0.3, -0.25) is 4.79 Å². The quantitative estimate of drug-likeness (QED) is 0.742. The maximum absolute atomic E-state index is 13.7. The van der Waals surface area contributed by atoms with Crippen LogP contribution >= 0.6 is 0 Å². The van der Waals surface area contributed by atoms with Gasteiger partial charge in [0, 0.05) is 6.20 Å². The van der Waals surface area contributed by atoms with Gasteiger partial charge < -0.3 is 15.1 Å². The highest BCUT2D eigenvalue weighted by Crippen LogP contribution is 2.28. The smallest absolute Gasteiger partial charge is 0.330 e. The third-order valence-electron chi connectivity index (χ3n) is 4.84. The van der Waals surface area contributed by atoms with Crippen LogP contribution < -0.4 is 15.1 Å². The number of carbonyl (C=O) groups is 1. The molecular formula is C18H19F5N5O+. The molecule has 156 valence electrons. The number of carbonyl (C=O) groups excluding carboxylic acids is 1. The van der Waals surface area contributed by atoms with Crippen molar-refractivity contribution in [1.82, 2.24) is 9.97 Å². The summed E-state index contributed by atoms with van der Waals surface area (Å²) in [4.78, 5) is 22.3. The standard InChI is InChI=1S/C18H18F5N5O/c1-11(16(29)26-15-12(19)3-2-4-13(15)20)27-7-9-28(10-8-27)17-24-6-5-14(25-17)18(21,22)23/h2-6,11H,7-10H2,1H3,(H,26,29)/p+1/t11-/m0/s1. The summed E-state index contributed by atoms with van der Waals surface area (Å²) >= 11 is 0. The number of quaternary nitrogens is 1. The average molecular weight is 416 g/mol. The average Bonchev–Trinajstić information content (AvgIpc) is 2.70. The number of hydrogen-bond donors (Lipinski definition) is 2. The molecule has 1 aliphatic rings. The first-order chi connectivity index (χ1) is 13.7. The number of rotatable bonds is 4. The van der Waals surface area contributed by atoms with Crippen molar-refractivity contribution in [3.05, 3.63) is 47.8 Å². The fourth-order valence-corrected chi connectivity index (χ4v) is 3.12. The molecule has 0 saturated carbocycles. The zero-order chi connectivity index (χ0) is 21.2. The normalized spacial score (nSPS) is 16.6. The van der Waals surface area contributed by atoms with Crippen LogP contribution in [0.15, 0.2) is 30.5 Å². The van der Waals surface area contributed by atoms with E-state index in [2.05, 4.69) is 15.3 Å². The third kappa shape index (κ3) is 4.78. The summed E-state index contributed by atoms with van der Waals surface area (Å²) in [6.45, 7) is 3.15. The molecule has 1 amide bonds. The van der Waals surface area contributed by atoms with E-state index in [0.29, 0.717) is 26.2 Å². The van der Waals surface area contributed by atoms with E-state index in [0.717, 1.165) is 29.3 Å². The summed E-state index contributed by atoms with van der Waals surface area (Å²) in [5, 5.41) is 2.27. The monoisotopic (exact) mass is 416 g/mol. The molecule has 1 aromatic carbocycles. The Bertz CT molecular complexity index is 863. The molecule has 2 aromatic rings.